The highest BCUT2D eigenvalue weighted by Crippen LogP contribution is 2.19. The second-order valence-corrected chi connectivity index (χ2v) is 5.22. The predicted octanol–water partition coefficient (Wildman–Crippen LogP) is -2.90. The number of nitrogens with zero attached hydrogens (tertiary/aromatic N) is 1. The highest BCUT2D eigenvalue weighted by atomic mass is 16.4. The summed E-state index contributed by atoms with van der Waals surface area (Å²) >= 11 is 0. The molecule has 1 fully saturated rings. The summed E-state index contributed by atoms with van der Waals surface area (Å²) in [7, 11) is 0. The number of likely N-dealkylation sites (tertiary alicyclic amines) is 1. The van der Waals surface area contributed by atoms with Crippen molar-refractivity contribution in [3.63, 3.8) is 0 Å². The molecule has 0 aromatic heterocycles. The van der Waals surface area contributed by atoms with E-state index in [-0.39, 0.29) is 6.54 Å². The minimum atomic E-state index is -1.34. The van der Waals surface area contributed by atoms with Crippen molar-refractivity contribution in [3.05, 3.63) is 0 Å². The van der Waals surface area contributed by atoms with Crippen molar-refractivity contribution >= 4 is 29.7 Å². The molecule has 11 nitrogen and oxygen atoms in total. The lowest BCUT2D eigenvalue weighted by molar-refractivity contribution is -0.146. The zero-order valence-electron chi connectivity index (χ0n) is 12.9. The van der Waals surface area contributed by atoms with Crippen molar-refractivity contribution in [3.8, 4) is 0 Å². The van der Waals surface area contributed by atoms with Crippen molar-refractivity contribution in [2.75, 3.05) is 19.6 Å². The van der Waals surface area contributed by atoms with Gasteiger partial charge in [-0.1, -0.05) is 0 Å². The molecule has 1 rings (SSSR count). The molecule has 24 heavy (non-hydrogen) atoms. The van der Waals surface area contributed by atoms with E-state index in [0.29, 0.717) is 12.8 Å². The van der Waals surface area contributed by atoms with Gasteiger partial charge in [0.25, 0.3) is 0 Å². The maximum Gasteiger partial charge on any atom is 0.322 e. The van der Waals surface area contributed by atoms with E-state index in [1.807, 2.05) is 0 Å². The Hall–Kier alpha value is -2.69. The van der Waals surface area contributed by atoms with E-state index >= 15 is 0 Å². The first-order chi connectivity index (χ1) is 11.3. The van der Waals surface area contributed by atoms with Crippen LogP contribution in [0.4, 0.5) is 0 Å². The van der Waals surface area contributed by atoms with Gasteiger partial charge in [-0.05, 0) is 12.8 Å². The second-order valence-electron chi connectivity index (χ2n) is 5.22. The molecule has 1 saturated heterocycles. The number of nitrogens with two attached hydrogens (primary N) is 1. The normalized spacial score (nSPS) is 17.9. The number of carbonyl (C=O) groups excluding carboxylic acids is 3. The van der Waals surface area contributed by atoms with Crippen molar-refractivity contribution in [2.24, 2.45) is 5.73 Å². The van der Waals surface area contributed by atoms with Crippen molar-refractivity contribution in [1.82, 2.24) is 15.5 Å². The highest BCUT2D eigenvalue weighted by molar-refractivity contribution is 5.95. The van der Waals surface area contributed by atoms with Crippen LogP contribution >= 0.6 is 0 Å². The van der Waals surface area contributed by atoms with E-state index in [1.165, 1.54) is 0 Å². The maximum atomic E-state index is 12.5. The summed E-state index contributed by atoms with van der Waals surface area (Å²) in [6.07, 6.45) is 0.174. The molecule has 2 unspecified atom stereocenters. The highest BCUT2D eigenvalue weighted by Gasteiger charge is 2.38. The first-order valence-corrected chi connectivity index (χ1v) is 7.27. The molecule has 1 heterocycles. The third-order valence-electron chi connectivity index (χ3n) is 3.45. The first-order valence-electron chi connectivity index (χ1n) is 7.27. The van der Waals surface area contributed by atoms with E-state index in [9.17, 15) is 24.0 Å². The topological polar surface area (TPSA) is 179 Å². The van der Waals surface area contributed by atoms with Crippen LogP contribution in [0.25, 0.3) is 0 Å². The molecular weight excluding hydrogens is 324 g/mol. The number of hydrogen-bond donors (Lipinski definition) is 5. The fraction of sp³-hybridized carbons (Fsp3) is 0.615. The molecule has 0 bridgehead atoms. The number of hydrogen-bond acceptors (Lipinski definition) is 6. The molecule has 134 valence electrons. The van der Waals surface area contributed by atoms with Gasteiger partial charge >= 0.3 is 11.9 Å². The smallest absolute Gasteiger partial charge is 0.322 e. The number of carbonyl (C=O) groups is 5. The quantitative estimate of drug-likeness (QED) is 0.311. The van der Waals surface area contributed by atoms with Crippen LogP contribution in [0.15, 0.2) is 0 Å². The van der Waals surface area contributed by atoms with Crippen LogP contribution in [-0.4, -0.2) is 76.5 Å². The van der Waals surface area contributed by atoms with E-state index in [1.54, 1.807) is 0 Å². The summed E-state index contributed by atoms with van der Waals surface area (Å²) in [5, 5.41) is 21.9. The third-order valence-corrected chi connectivity index (χ3v) is 3.45. The first kappa shape index (κ1) is 19.4. The Morgan fingerprint density at radius 3 is 2.38 bits per heavy atom. The van der Waals surface area contributed by atoms with E-state index in [0.717, 1.165) is 4.90 Å². The summed E-state index contributed by atoms with van der Waals surface area (Å²) in [5.41, 5.74) is 5.14. The minimum absolute atomic E-state index is 0.207. The summed E-state index contributed by atoms with van der Waals surface area (Å²) in [5.74, 6) is -4.56. The van der Waals surface area contributed by atoms with E-state index in [2.05, 4.69) is 10.6 Å². The fourth-order valence-electron chi connectivity index (χ4n) is 2.41. The van der Waals surface area contributed by atoms with Crippen LogP contribution in [-0.2, 0) is 24.0 Å². The average molecular weight is 344 g/mol. The van der Waals surface area contributed by atoms with Crippen LogP contribution in [0.2, 0.25) is 0 Å². The van der Waals surface area contributed by atoms with Gasteiger partial charge in [-0.2, -0.15) is 0 Å². The Bertz CT molecular complexity index is 536. The molecule has 0 radical (unpaired) electrons. The van der Waals surface area contributed by atoms with Gasteiger partial charge in [0, 0.05) is 6.54 Å². The summed E-state index contributed by atoms with van der Waals surface area (Å²) in [6.45, 7) is -0.787. The van der Waals surface area contributed by atoms with E-state index < -0.39 is 61.3 Å². The Kier molecular flexibility index (Phi) is 7.11. The lowest BCUT2D eigenvalue weighted by atomic mass is 10.1. The average Bonchev–Trinajstić information content (AvgIpc) is 3.00. The molecule has 0 spiro atoms. The molecule has 11 heteroatoms. The number of amides is 3. The molecular formula is C13H20N4O7. The molecule has 0 aliphatic carbocycles. The Morgan fingerprint density at radius 2 is 1.83 bits per heavy atom. The van der Waals surface area contributed by atoms with Crippen LogP contribution in [0, 0.1) is 0 Å². The summed E-state index contributed by atoms with van der Waals surface area (Å²) in [6, 6.07) is -2.24. The van der Waals surface area contributed by atoms with Gasteiger partial charge in [-0.25, -0.2) is 0 Å². The zero-order chi connectivity index (χ0) is 18.3. The lowest BCUT2D eigenvalue weighted by Gasteiger charge is -2.28. The second kappa shape index (κ2) is 8.82. The van der Waals surface area contributed by atoms with Gasteiger partial charge in [0.05, 0.1) is 13.0 Å². The predicted molar refractivity (Wildman–Crippen MR) is 78.6 cm³/mol. The van der Waals surface area contributed by atoms with E-state index in [4.69, 9.17) is 15.9 Å². The van der Waals surface area contributed by atoms with Crippen molar-refractivity contribution in [1.29, 1.82) is 0 Å². The van der Waals surface area contributed by atoms with Crippen LogP contribution in [0.5, 0.6) is 0 Å². The van der Waals surface area contributed by atoms with Gasteiger partial charge < -0.3 is 31.5 Å². The number of nitrogens with one attached hydrogen (secondary N) is 2. The third kappa shape index (κ3) is 5.50. The van der Waals surface area contributed by atoms with Gasteiger partial charge in [0.1, 0.15) is 18.6 Å². The van der Waals surface area contributed by atoms with Crippen molar-refractivity contribution < 1.29 is 34.2 Å². The Labute approximate surface area is 137 Å². The van der Waals surface area contributed by atoms with Crippen LogP contribution < -0.4 is 16.4 Å². The summed E-state index contributed by atoms with van der Waals surface area (Å²) in [4.78, 5) is 58.4. The SMILES string of the molecule is NCC(=O)NC(CC(=O)O)C(=O)N1CCCC1C(=O)NCC(=O)O. The minimum Gasteiger partial charge on any atom is -0.481 e. The monoisotopic (exact) mass is 344 g/mol. The summed E-state index contributed by atoms with van der Waals surface area (Å²) < 4.78 is 0. The number of carboxylic acid groups (broad SMARTS) is 2. The Morgan fingerprint density at radius 1 is 1.17 bits per heavy atom. The molecule has 0 aromatic rings. The molecule has 0 saturated carbocycles. The number of rotatable bonds is 8. The van der Waals surface area contributed by atoms with Crippen LogP contribution in [0.1, 0.15) is 19.3 Å². The van der Waals surface area contributed by atoms with Crippen molar-refractivity contribution in [2.45, 2.75) is 31.3 Å². The standard InChI is InChI=1S/C13H20N4O7/c14-5-9(18)16-7(4-10(19)20)13(24)17-3-1-2-8(17)12(23)15-6-11(21)22/h7-8H,1-6,14H2,(H,15,23)(H,16,18)(H,19,20)(H,21,22). The van der Waals surface area contributed by atoms with Gasteiger partial charge in [0.2, 0.25) is 17.7 Å². The van der Waals surface area contributed by atoms with Crippen LogP contribution in [0.3, 0.4) is 0 Å². The molecule has 1 aliphatic heterocycles. The molecule has 1 aliphatic rings. The van der Waals surface area contributed by atoms with Gasteiger partial charge in [-0.3, -0.25) is 24.0 Å². The lowest BCUT2D eigenvalue weighted by Crippen LogP contribution is -2.55. The number of carboxylic acids is 2. The molecule has 3 amide bonds. The molecule has 2 atom stereocenters. The fourth-order valence-corrected chi connectivity index (χ4v) is 2.41. The van der Waals surface area contributed by atoms with Gasteiger partial charge in [0.15, 0.2) is 0 Å². The van der Waals surface area contributed by atoms with Gasteiger partial charge in [-0.15, -0.1) is 0 Å². The molecule has 6 N–H and O–H groups in total. The Balaban J connectivity index is 2.82. The zero-order valence-corrected chi connectivity index (χ0v) is 12.9. The number of aliphatic carboxylic acids is 2. The molecule has 0 aromatic carbocycles. The largest absolute Gasteiger partial charge is 0.481 e. The maximum absolute atomic E-state index is 12.5.